The van der Waals surface area contributed by atoms with Gasteiger partial charge < -0.3 is 9.80 Å². The second kappa shape index (κ2) is 9.23. The largest absolute Gasteiger partial charge is 0.340 e. The molecule has 2 aliphatic heterocycles. The third kappa shape index (κ3) is 6.01. The number of piperazine rings is 2. The van der Waals surface area contributed by atoms with Crippen molar-refractivity contribution < 1.29 is 18.0 Å². The first-order chi connectivity index (χ1) is 13.7. The summed E-state index contributed by atoms with van der Waals surface area (Å²) in [5.74, 6) is 0.148. The SMILES string of the molecule is Cc1ccc(CC(=O)N2CCN(CC(=O)N3CCN(S(C)(=O)=O)CC3)CC2)cc1. The number of carbonyl (C=O) groups excluding carboxylic acids is 2. The predicted molar refractivity (Wildman–Crippen MR) is 111 cm³/mol. The van der Waals surface area contributed by atoms with Crippen LogP contribution < -0.4 is 0 Å². The fourth-order valence-electron chi connectivity index (χ4n) is 3.71. The van der Waals surface area contributed by atoms with Gasteiger partial charge in [0.25, 0.3) is 0 Å². The predicted octanol–water partition coefficient (Wildman–Crippen LogP) is -0.214. The zero-order valence-electron chi connectivity index (χ0n) is 17.2. The molecule has 2 saturated heterocycles. The molecule has 2 amide bonds. The molecule has 0 N–H and O–H groups in total. The molecule has 0 saturated carbocycles. The highest BCUT2D eigenvalue weighted by Crippen LogP contribution is 2.10. The zero-order valence-corrected chi connectivity index (χ0v) is 18.0. The third-order valence-electron chi connectivity index (χ3n) is 5.62. The summed E-state index contributed by atoms with van der Waals surface area (Å²) in [7, 11) is -3.19. The van der Waals surface area contributed by atoms with E-state index >= 15 is 0 Å². The highest BCUT2D eigenvalue weighted by molar-refractivity contribution is 7.88. The van der Waals surface area contributed by atoms with Crippen molar-refractivity contribution in [1.29, 1.82) is 0 Å². The molecule has 1 aromatic rings. The zero-order chi connectivity index (χ0) is 21.0. The van der Waals surface area contributed by atoms with Crippen molar-refractivity contribution in [2.24, 2.45) is 0 Å². The van der Waals surface area contributed by atoms with E-state index in [-0.39, 0.29) is 11.8 Å². The fourth-order valence-corrected chi connectivity index (χ4v) is 4.53. The van der Waals surface area contributed by atoms with Crippen molar-refractivity contribution in [2.75, 3.05) is 65.2 Å². The standard InChI is InChI=1S/C20H30N4O4S/c1-17-3-5-18(6-4-17)15-19(25)22-9-7-21(8-10-22)16-20(26)23-11-13-24(14-12-23)29(2,27)28/h3-6H,7-16H2,1-2H3. The Kier molecular flexibility index (Phi) is 6.92. The van der Waals surface area contributed by atoms with Gasteiger partial charge in [-0.2, -0.15) is 4.31 Å². The molecule has 8 nitrogen and oxygen atoms in total. The average Bonchev–Trinajstić information content (AvgIpc) is 2.69. The van der Waals surface area contributed by atoms with Gasteiger partial charge in [0.05, 0.1) is 19.2 Å². The lowest BCUT2D eigenvalue weighted by molar-refractivity contribution is -0.135. The van der Waals surface area contributed by atoms with E-state index < -0.39 is 10.0 Å². The monoisotopic (exact) mass is 422 g/mol. The maximum Gasteiger partial charge on any atom is 0.236 e. The number of sulfonamides is 1. The molecule has 0 atom stereocenters. The Hall–Kier alpha value is -1.97. The summed E-state index contributed by atoms with van der Waals surface area (Å²) in [6, 6.07) is 8.02. The number of benzene rings is 1. The fraction of sp³-hybridized carbons (Fsp3) is 0.600. The van der Waals surface area contributed by atoms with E-state index in [9.17, 15) is 18.0 Å². The average molecular weight is 423 g/mol. The normalized spacial score (nSPS) is 19.4. The molecule has 9 heteroatoms. The lowest BCUT2D eigenvalue weighted by Crippen LogP contribution is -2.55. The van der Waals surface area contributed by atoms with E-state index in [1.807, 2.05) is 36.1 Å². The number of nitrogens with zero attached hydrogens (tertiary/aromatic N) is 4. The van der Waals surface area contributed by atoms with Crippen molar-refractivity contribution in [2.45, 2.75) is 13.3 Å². The molecule has 160 valence electrons. The lowest BCUT2D eigenvalue weighted by atomic mass is 10.1. The van der Waals surface area contributed by atoms with Crippen LogP contribution in [-0.4, -0.2) is 104 Å². The van der Waals surface area contributed by atoms with Crippen molar-refractivity contribution in [3.63, 3.8) is 0 Å². The molecule has 0 radical (unpaired) electrons. The second-order valence-corrected chi connectivity index (χ2v) is 9.84. The summed E-state index contributed by atoms with van der Waals surface area (Å²) in [5, 5.41) is 0. The number of hydrogen-bond donors (Lipinski definition) is 0. The minimum Gasteiger partial charge on any atom is -0.340 e. The maximum absolute atomic E-state index is 12.5. The van der Waals surface area contributed by atoms with Crippen LogP contribution in [0.15, 0.2) is 24.3 Å². The summed E-state index contributed by atoms with van der Waals surface area (Å²) in [6.07, 6.45) is 1.61. The van der Waals surface area contributed by atoms with Crippen LogP contribution >= 0.6 is 0 Å². The summed E-state index contributed by atoms with van der Waals surface area (Å²) in [4.78, 5) is 30.7. The smallest absolute Gasteiger partial charge is 0.236 e. The maximum atomic E-state index is 12.5. The molecule has 2 aliphatic rings. The number of carbonyl (C=O) groups is 2. The first-order valence-electron chi connectivity index (χ1n) is 10.0. The molecule has 0 bridgehead atoms. The molecule has 0 unspecified atom stereocenters. The topological polar surface area (TPSA) is 81.2 Å². The second-order valence-electron chi connectivity index (χ2n) is 7.86. The highest BCUT2D eigenvalue weighted by atomic mass is 32.2. The molecule has 0 aromatic heterocycles. The Balaban J connectivity index is 1.41. The van der Waals surface area contributed by atoms with E-state index in [1.165, 1.54) is 16.1 Å². The van der Waals surface area contributed by atoms with Gasteiger partial charge in [0, 0.05) is 52.4 Å². The Bertz CT molecular complexity index is 825. The Morgan fingerprint density at radius 2 is 1.34 bits per heavy atom. The van der Waals surface area contributed by atoms with Crippen LogP contribution in [-0.2, 0) is 26.0 Å². The van der Waals surface area contributed by atoms with Crippen molar-refractivity contribution >= 4 is 21.8 Å². The molecule has 0 aliphatic carbocycles. The van der Waals surface area contributed by atoms with Crippen LogP contribution in [0.5, 0.6) is 0 Å². The van der Waals surface area contributed by atoms with Gasteiger partial charge in [0.15, 0.2) is 0 Å². The van der Waals surface area contributed by atoms with Gasteiger partial charge in [-0.3, -0.25) is 14.5 Å². The molecule has 1 aromatic carbocycles. The molecule has 29 heavy (non-hydrogen) atoms. The number of aryl methyl sites for hydroxylation is 1. The van der Waals surface area contributed by atoms with Crippen molar-refractivity contribution in [1.82, 2.24) is 19.0 Å². The summed E-state index contributed by atoms with van der Waals surface area (Å²) < 4.78 is 24.6. The van der Waals surface area contributed by atoms with Crippen LogP contribution in [0.25, 0.3) is 0 Å². The van der Waals surface area contributed by atoms with Gasteiger partial charge in [0.2, 0.25) is 21.8 Å². The van der Waals surface area contributed by atoms with Crippen molar-refractivity contribution in [3.05, 3.63) is 35.4 Å². The Labute approximate surface area is 173 Å². The van der Waals surface area contributed by atoms with E-state index in [2.05, 4.69) is 4.90 Å². The number of hydrogen-bond acceptors (Lipinski definition) is 5. The molecule has 2 fully saturated rings. The van der Waals surface area contributed by atoms with Gasteiger partial charge in [0.1, 0.15) is 0 Å². The van der Waals surface area contributed by atoms with Crippen LogP contribution in [0.4, 0.5) is 0 Å². The Morgan fingerprint density at radius 3 is 1.90 bits per heavy atom. The molecular formula is C20H30N4O4S. The van der Waals surface area contributed by atoms with Gasteiger partial charge in [-0.25, -0.2) is 8.42 Å². The molecule has 0 spiro atoms. The molecular weight excluding hydrogens is 392 g/mol. The first-order valence-corrected chi connectivity index (χ1v) is 11.9. The van der Waals surface area contributed by atoms with Crippen molar-refractivity contribution in [3.8, 4) is 0 Å². The first kappa shape index (κ1) is 21.7. The quantitative estimate of drug-likeness (QED) is 0.656. The minimum absolute atomic E-state index is 0.0255. The van der Waals surface area contributed by atoms with Crippen LogP contribution in [0.2, 0.25) is 0 Å². The van der Waals surface area contributed by atoms with E-state index in [0.29, 0.717) is 65.3 Å². The summed E-state index contributed by atoms with van der Waals surface area (Å²) in [5.41, 5.74) is 2.20. The van der Waals surface area contributed by atoms with Gasteiger partial charge in [-0.15, -0.1) is 0 Å². The van der Waals surface area contributed by atoms with E-state index in [0.717, 1.165) is 5.56 Å². The van der Waals surface area contributed by atoms with Crippen LogP contribution in [0.3, 0.4) is 0 Å². The van der Waals surface area contributed by atoms with Gasteiger partial charge >= 0.3 is 0 Å². The number of rotatable bonds is 5. The molecule has 3 rings (SSSR count). The van der Waals surface area contributed by atoms with Crippen LogP contribution in [0, 0.1) is 6.92 Å². The Morgan fingerprint density at radius 1 is 0.828 bits per heavy atom. The summed E-state index contributed by atoms with van der Waals surface area (Å²) in [6.45, 7) is 6.51. The minimum atomic E-state index is -3.19. The van der Waals surface area contributed by atoms with Gasteiger partial charge in [-0.1, -0.05) is 29.8 Å². The van der Waals surface area contributed by atoms with Gasteiger partial charge in [-0.05, 0) is 12.5 Å². The van der Waals surface area contributed by atoms with E-state index in [4.69, 9.17) is 0 Å². The van der Waals surface area contributed by atoms with Crippen LogP contribution in [0.1, 0.15) is 11.1 Å². The number of amides is 2. The highest BCUT2D eigenvalue weighted by Gasteiger charge is 2.28. The molecule has 2 heterocycles. The van der Waals surface area contributed by atoms with E-state index in [1.54, 1.807) is 4.90 Å². The lowest BCUT2D eigenvalue weighted by Gasteiger charge is -2.37. The summed E-state index contributed by atoms with van der Waals surface area (Å²) >= 11 is 0. The third-order valence-corrected chi connectivity index (χ3v) is 6.92.